The Bertz CT molecular complexity index is 1090. The van der Waals surface area contributed by atoms with Crippen LogP contribution in [0.3, 0.4) is 0 Å². The summed E-state index contributed by atoms with van der Waals surface area (Å²) in [6.07, 6.45) is 2.96. The number of ether oxygens (including phenoxy) is 1. The number of esters is 1. The summed E-state index contributed by atoms with van der Waals surface area (Å²) in [4.78, 5) is 28.5. The zero-order valence-electron chi connectivity index (χ0n) is 16.1. The molecule has 5 nitrogen and oxygen atoms in total. The summed E-state index contributed by atoms with van der Waals surface area (Å²) in [5.41, 5.74) is 2.86. The van der Waals surface area contributed by atoms with Gasteiger partial charge in [-0.3, -0.25) is 4.79 Å². The van der Waals surface area contributed by atoms with Crippen LogP contribution < -0.4 is 5.32 Å². The Morgan fingerprint density at radius 3 is 2.50 bits per heavy atom. The number of carbonyl (C=O) groups excluding carboxylic acids is 2. The highest BCUT2D eigenvalue weighted by Crippen LogP contribution is 2.26. The van der Waals surface area contributed by atoms with Crippen molar-refractivity contribution in [2.75, 3.05) is 11.9 Å². The van der Waals surface area contributed by atoms with Gasteiger partial charge in [0.1, 0.15) is 5.69 Å². The minimum atomic E-state index is -0.422. The monoisotopic (exact) mass is 440 g/mol. The normalized spacial score (nSPS) is 10.8. The van der Waals surface area contributed by atoms with E-state index < -0.39 is 5.97 Å². The van der Waals surface area contributed by atoms with Crippen LogP contribution in [0.25, 0.3) is 17.3 Å². The van der Waals surface area contributed by atoms with Crippen molar-refractivity contribution in [3.05, 3.63) is 88.0 Å². The van der Waals surface area contributed by atoms with Crippen molar-refractivity contribution in [2.45, 2.75) is 6.92 Å². The fourth-order valence-corrected chi connectivity index (χ4v) is 3.22. The number of hydrogen-bond donors (Lipinski definition) is 1. The second-order valence-electron chi connectivity index (χ2n) is 6.23. The second-order valence-corrected chi connectivity index (χ2v) is 7.10. The van der Waals surface area contributed by atoms with Crippen LogP contribution in [0.5, 0.6) is 0 Å². The SMILES string of the molecule is CCOC(=O)C=Cc1cccc(NC(=O)c2cccc(-c3cc(Cl)cc(Cl)c3)n2)c1. The van der Waals surface area contributed by atoms with Gasteiger partial charge in [0.15, 0.2) is 0 Å². The van der Waals surface area contributed by atoms with Crippen molar-refractivity contribution in [1.29, 1.82) is 0 Å². The number of pyridine rings is 1. The van der Waals surface area contributed by atoms with Crippen LogP contribution in [0.4, 0.5) is 5.69 Å². The first kappa shape index (κ1) is 21.6. The van der Waals surface area contributed by atoms with Gasteiger partial charge in [0, 0.05) is 27.4 Å². The standard InChI is InChI=1S/C23H18Cl2N2O3/c1-2-30-22(28)10-9-15-5-3-6-19(11-15)26-23(29)21-8-4-7-20(27-21)16-12-17(24)14-18(25)13-16/h3-14H,2H2,1H3,(H,26,29). The van der Waals surface area contributed by atoms with Crippen LogP contribution in [0.2, 0.25) is 10.0 Å². The molecule has 1 amide bonds. The predicted molar refractivity (Wildman–Crippen MR) is 120 cm³/mol. The number of aromatic nitrogens is 1. The molecule has 7 heteroatoms. The highest BCUT2D eigenvalue weighted by Gasteiger charge is 2.10. The van der Waals surface area contributed by atoms with Crippen molar-refractivity contribution in [3.8, 4) is 11.3 Å². The lowest BCUT2D eigenvalue weighted by atomic mass is 10.1. The van der Waals surface area contributed by atoms with E-state index in [1.807, 2.05) is 6.07 Å². The average Bonchev–Trinajstić information content (AvgIpc) is 2.72. The van der Waals surface area contributed by atoms with Crippen molar-refractivity contribution < 1.29 is 14.3 Å². The van der Waals surface area contributed by atoms with Gasteiger partial charge in [-0.2, -0.15) is 0 Å². The van der Waals surface area contributed by atoms with Gasteiger partial charge >= 0.3 is 5.97 Å². The van der Waals surface area contributed by atoms with Gasteiger partial charge in [0.25, 0.3) is 5.91 Å². The van der Waals surface area contributed by atoms with Gasteiger partial charge in [0.05, 0.1) is 12.3 Å². The van der Waals surface area contributed by atoms with E-state index in [4.69, 9.17) is 27.9 Å². The maximum absolute atomic E-state index is 12.7. The van der Waals surface area contributed by atoms with Crippen LogP contribution in [0.1, 0.15) is 23.0 Å². The first-order valence-corrected chi connectivity index (χ1v) is 9.90. The summed E-state index contributed by atoms with van der Waals surface area (Å²) in [7, 11) is 0. The maximum atomic E-state index is 12.7. The Morgan fingerprint density at radius 2 is 1.77 bits per heavy atom. The lowest BCUT2D eigenvalue weighted by Crippen LogP contribution is -2.13. The zero-order chi connectivity index (χ0) is 21.5. The van der Waals surface area contributed by atoms with Crippen LogP contribution >= 0.6 is 23.2 Å². The Hall–Kier alpha value is -3.15. The summed E-state index contributed by atoms with van der Waals surface area (Å²) in [5.74, 6) is -0.787. The molecule has 0 unspecified atom stereocenters. The number of rotatable bonds is 6. The number of hydrogen-bond acceptors (Lipinski definition) is 4. The molecule has 0 radical (unpaired) electrons. The molecule has 0 fully saturated rings. The molecule has 0 aliphatic carbocycles. The number of nitrogens with one attached hydrogen (secondary N) is 1. The molecule has 152 valence electrons. The lowest BCUT2D eigenvalue weighted by molar-refractivity contribution is -0.137. The summed E-state index contributed by atoms with van der Waals surface area (Å²) in [6, 6.07) is 17.3. The Kier molecular flexibility index (Phi) is 7.22. The number of amides is 1. The van der Waals surface area contributed by atoms with Crippen molar-refractivity contribution in [1.82, 2.24) is 4.98 Å². The molecule has 1 heterocycles. The van der Waals surface area contributed by atoms with E-state index in [0.717, 1.165) is 5.56 Å². The second kappa shape index (κ2) is 10.1. The van der Waals surface area contributed by atoms with Crippen molar-refractivity contribution in [3.63, 3.8) is 0 Å². The smallest absolute Gasteiger partial charge is 0.330 e. The number of nitrogens with zero attached hydrogens (tertiary/aromatic N) is 1. The van der Waals surface area contributed by atoms with E-state index in [-0.39, 0.29) is 11.6 Å². The van der Waals surface area contributed by atoms with E-state index >= 15 is 0 Å². The minimum absolute atomic E-state index is 0.246. The van der Waals surface area contributed by atoms with Crippen LogP contribution in [0.15, 0.2) is 66.7 Å². The summed E-state index contributed by atoms with van der Waals surface area (Å²) >= 11 is 12.1. The summed E-state index contributed by atoms with van der Waals surface area (Å²) in [6.45, 7) is 2.05. The van der Waals surface area contributed by atoms with E-state index in [2.05, 4.69) is 10.3 Å². The number of benzene rings is 2. The molecule has 0 saturated heterocycles. The molecule has 0 aliphatic heterocycles. The zero-order valence-corrected chi connectivity index (χ0v) is 17.6. The topological polar surface area (TPSA) is 68.3 Å². The van der Waals surface area contributed by atoms with E-state index in [1.165, 1.54) is 6.08 Å². The summed E-state index contributed by atoms with van der Waals surface area (Å²) in [5, 5.41) is 3.78. The van der Waals surface area contributed by atoms with Gasteiger partial charge < -0.3 is 10.1 Å². The Labute approximate surface area is 184 Å². The first-order valence-electron chi connectivity index (χ1n) is 9.14. The van der Waals surface area contributed by atoms with Crippen LogP contribution in [-0.2, 0) is 9.53 Å². The fourth-order valence-electron chi connectivity index (χ4n) is 2.69. The van der Waals surface area contributed by atoms with Crippen LogP contribution in [-0.4, -0.2) is 23.5 Å². The number of carbonyl (C=O) groups is 2. The predicted octanol–water partition coefficient (Wildman–Crippen LogP) is 5.88. The Balaban J connectivity index is 1.77. The molecular formula is C23H18Cl2N2O3. The molecule has 0 aliphatic rings. The number of anilines is 1. The molecule has 0 bridgehead atoms. The van der Waals surface area contributed by atoms with E-state index in [0.29, 0.717) is 33.6 Å². The molecule has 3 rings (SSSR count). The Morgan fingerprint density at radius 1 is 1.03 bits per heavy atom. The molecule has 30 heavy (non-hydrogen) atoms. The fraction of sp³-hybridized carbons (Fsp3) is 0.0870. The lowest BCUT2D eigenvalue weighted by Gasteiger charge is -2.08. The van der Waals surface area contributed by atoms with Crippen molar-refractivity contribution in [2.24, 2.45) is 0 Å². The first-order chi connectivity index (χ1) is 14.4. The third-order valence-corrected chi connectivity index (χ3v) is 4.42. The molecule has 3 aromatic rings. The van der Waals surface area contributed by atoms with Gasteiger partial charge in [-0.1, -0.05) is 41.4 Å². The molecule has 1 N–H and O–H groups in total. The molecule has 0 atom stereocenters. The van der Waals surface area contributed by atoms with Gasteiger partial charge in [0.2, 0.25) is 0 Å². The number of halogens is 2. The van der Waals surface area contributed by atoms with Gasteiger partial charge in [-0.15, -0.1) is 0 Å². The quantitative estimate of drug-likeness (QED) is 0.383. The minimum Gasteiger partial charge on any atom is -0.463 e. The van der Waals surface area contributed by atoms with E-state index in [9.17, 15) is 9.59 Å². The van der Waals surface area contributed by atoms with Gasteiger partial charge in [-0.25, -0.2) is 9.78 Å². The molecule has 1 aromatic heterocycles. The van der Waals surface area contributed by atoms with Crippen LogP contribution in [0, 0.1) is 0 Å². The molecular weight excluding hydrogens is 423 g/mol. The van der Waals surface area contributed by atoms with Crippen molar-refractivity contribution >= 4 is 46.8 Å². The highest BCUT2D eigenvalue weighted by atomic mass is 35.5. The van der Waals surface area contributed by atoms with Gasteiger partial charge in [-0.05, 0) is 61.0 Å². The highest BCUT2D eigenvalue weighted by molar-refractivity contribution is 6.35. The van der Waals surface area contributed by atoms with E-state index in [1.54, 1.807) is 67.6 Å². The maximum Gasteiger partial charge on any atom is 0.330 e. The molecule has 2 aromatic carbocycles. The molecule has 0 saturated carbocycles. The summed E-state index contributed by atoms with van der Waals surface area (Å²) < 4.78 is 4.86. The largest absolute Gasteiger partial charge is 0.463 e. The average molecular weight is 441 g/mol. The third kappa shape index (κ3) is 5.92. The molecule has 0 spiro atoms. The third-order valence-electron chi connectivity index (χ3n) is 3.98.